The maximum atomic E-state index is 6.79. The van der Waals surface area contributed by atoms with Gasteiger partial charge in [-0.25, -0.2) is 0 Å². The van der Waals surface area contributed by atoms with Crippen LogP contribution in [-0.4, -0.2) is 29.7 Å². The van der Waals surface area contributed by atoms with Crippen molar-refractivity contribution < 1.29 is 9.22 Å². The van der Waals surface area contributed by atoms with E-state index < -0.39 is 0 Å². The predicted molar refractivity (Wildman–Crippen MR) is 80.2 cm³/mol. The number of hydrogen-bond donors (Lipinski definition) is 0. The minimum Gasteiger partial charge on any atom is -0.313 e. The number of quaternary nitrogens is 1. The standard InChI is InChI=1S/C18H26NO/c1-3-9-16(10-4-1)17-19(13-7-8-14-19)15-18(20-17)11-5-2-6-12-18/h1,3-4,9-10,17H,2,5-8,11-15H2/q+1. The first-order valence-corrected chi connectivity index (χ1v) is 8.41. The highest BCUT2D eigenvalue weighted by atomic mass is 16.5. The molecule has 20 heavy (non-hydrogen) atoms. The highest BCUT2D eigenvalue weighted by molar-refractivity contribution is 5.17. The average molecular weight is 272 g/mol. The molecule has 0 radical (unpaired) electrons. The van der Waals surface area contributed by atoms with Crippen LogP contribution in [-0.2, 0) is 4.74 Å². The van der Waals surface area contributed by atoms with Crippen molar-refractivity contribution in [2.24, 2.45) is 0 Å². The molecule has 0 aromatic heterocycles. The Labute approximate surface area is 122 Å². The number of benzene rings is 1. The zero-order chi connectivity index (χ0) is 13.5. The summed E-state index contributed by atoms with van der Waals surface area (Å²) in [6, 6.07) is 11.0. The van der Waals surface area contributed by atoms with Crippen LogP contribution >= 0.6 is 0 Å². The fraction of sp³-hybridized carbons (Fsp3) is 0.667. The maximum Gasteiger partial charge on any atom is 0.220 e. The predicted octanol–water partition coefficient (Wildman–Crippen LogP) is 4.03. The summed E-state index contributed by atoms with van der Waals surface area (Å²) in [5.74, 6) is 0. The van der Waals surface area contributed by atoms with Gasteiger partial charge in [-0.3, -0.25) is 4.48 Å². The monoisotopic (exact) mass is 272 g/mol. The van der Waals surface area contributed by atoms with Crippen molar-refractivity contribution in [3.63, 3.8) is 0 Å². The first-order valence-electron chi connectivity index (χ1n) is 8.41. The molecule has 1 unspecified atom stereocenters. The third-order valence-corrected chi connectivity index (χ3v) is 5.77. The molecule has 1 aliphatic carbocycles. The molecule has 1 aromatic rings. The summed E-state index contributed by atoms with van der Waals surface area (Å²) in [5.41, 5.74) is 1.60. The van der Waals surface area contributed by atoms with Crippen molar-refractivity contribution in [1.82, 2.24) is 0 Å². The largest absolute Gasteiger partial charge is 0.313 e. The van der Waals surface area contributed by atoms with Crippen molar-refractivity contribution >= 4 is 0 Å². The highest BCUT2D eigenvalue weighted by Gasteiger charge is 2.57. The summed E-state index contributed by atoms with van der Waals surface area (Å²) in [5, 5.41) is 0. The van der Waals surface area contributed by atoms with Gasteiger partial charge in [0.2, 0.25) is 6.23 Å². The minimum absolute atomic E-state index is 0.198. The molecule has 0 bridgehead atoms. The fourth-order valence-electron chi connectivity index (χ4n) is 4.87. The van der Waals surface area contributed by atoms with E-state index in [-0.39, 0.29) is 5.60 Å². The maximum absolute atomic E-state index is 6.79. The third-order valence-electron chi connectivity index (χ3n) is 5.77. The molecular formula is C18H26NO+. The van der Waals surface area contributed by atoms with Gasteiger partial charge in [-0.2, -0.15) is 0 Å². The first-order chi connectivity index (χ1) is 9.82. The van der Waals surface area contributed by atoms with Gasteiger partial charge in [0.05, 0.1) is 13.1 Å². The van der Waals surface area contributed by atoms with Crippen molar-refractivity contribution in [3.05, 3.63) is 35.9 Å². The molecule has 1 aromatic carbocycles. The molecule has 2 aliphatic heterocycles. The van der Waals surface area contributed by atoms with E-state index in [1.54, 1.807) is 0 Å². The summed E-state index contributed by atoms with van der Waals surface area (Å²) in [6.45, 7) is 3.91. The van der Waals surface area contributed by atoms with Crippen LogP contribution in [0.3, 0.4) is 0 Å². The lowest BCUT2D eigenvalue weighted by Gasteiger charge is -2.34. The molecule has 1 atom stereocenters. The Morgan fingerprint density at radius 2 is 1.60 bits per heavy atom. The molecule has 3 fully saturated rings. The Balaban J connectivity index is 1.68. The summed E-state index contributed by atoms with van der Waals surface area (Å²) < 4.78 is 8.00. The lowest BCUT2D eigenvalue weighted by Crippen LogP contribution is -2.48. The lowest BCUT2D eigenvalue weighted by molar-refractivity contribution is -0.946. The van der Waals surface area contributed by atoms with Crippen LogP contribution in [0.1, 0.15) is 56.7 Å². The number of rotatable bonds is 1. The zero-order valence-electron chi connectivity index (χ0n) is 12.4. The van der Waals surface area contributed by atoms with Gasteiger partial charge in [0.25, 0.3) is 0 Å². The van der Waals surface area contributed by atoms with Gasteiger partial charge in [0, 0.05) is 18.4 Å². The summed E-state index contributed by atoms with van der Waals surface area (Å²) in [7, 11) is 0. The molecule has 0 N–H and O–H groups in total. The molecule has 4 rings (SSSR count). The van der Waals surface area contributed by atoms with E-state index in [4.69, 9.17) is 4.74 Å². The third kappa shape index (κ3) is 2.01. The second-order valence-corrected chi connectivity index (χ2v) is 7.16. The van der Waals surface area contributed by atoms with Gasteiger partial charge >= 0.3 is 0 Å². The molecule has 0 amide bonds. The van der Waals surface area contributed by atoms with E-state index in [0.717, 1.165) is 0 Å². The molecule has 108 valence electrons. The van der Waals surface area contributed by atoms with Gasteiger partial charge in [-0.15, -0.1) is 0 Å². The molecule has 2 heterocycles. The summed E-state index contributed by atoms with van der Waals surface area (Å²) in [4.78, 5) is 0. The molecule has 2 saturated heterocycles. The number of nitrogens with zero attached hydrogens (tertiary/aromatic N) is 1. The van der Waals surface area contributed by atoms with E-state index in [1.807, 2.05) is 0 Å². The topological polar surface area (TPSA) is 9.23 Å². The van der Waals surface area contributed by atoms with Crippen LogP contribution in [0.2, 0.25) is 0 Å². The molecule has 3 aliphatic rings. The van der Waals surface area contributed by atoms with Gasteiger partial charge in [-0.1, -0.05) is 49.6 Å². The van der Waals surface area contributed by atoms with Crippen LogP contribution in [0.15, 0.2) is 30.3 Å². The Kier molecular flexibility index (Phi) is 3.12. The van der Waals surface area contributed by atoms with E-state index in [2.05, 4.69) is 30.3 Å². The Morgan fingerprint density at radius 1 is 0.900 bits per heavy atom. The van der Waals surface area contributed by atoms with Crippen LogP contribution in [0.25, 0.3) is 0 Å². The minimum atomic E-state index is 0.198. The van der Waals surface area contributed by atoms with Crippen LogP contribution in [0.4, 0.5) is 0 Å². The van der Waals surface area contributed by atoms with Crippen LogP contribution in [0.5, 0.6) is 0 Å². The molecule has 2 spiro atoms. The average Bonchev–Trinajstić information content (AvgIpc) is 3.07. The van der Waals surface area contributed by atoms with Gasteiger partial charge in [0.1, 0.15) is 12.1 Å². The van der Waals surface area contributed by atoms with E-state index in [9.17, 15) is 0 Å². The normalized spacial score (nSPS) is 31.1. The lowest BCUT2D eigenvalue weighted by atomic mass is 9.84. The Morgan fingerprint density at radius 3 is 2.30 bits per heavy atom. The molecule has 2 heteroatoms. The van der Waals surface area contributed by atoms with Crippen LogP contribution < -0.4 is 0 Å². The fourth-order valence-corrected chi connectivity index (χ4v) is 4.87. The van der Waals surface area contributed by atoms with Crippen LogP contribution in [0, 0.1) is 0 Å². The SMILES string of the molecule is c1ccc(C2OC3(CCCCC3)C[N+]23CCCC3)cc1. The highest BCUT2D eigenvalue weighted by Crippen LogP contribution is 2.50. The van der Waals surface area contributed by atoms with Crippen molar-refractivity contribution in [2.45, 2.75) is 56.8 Å². The van der Waals surface area contributed by atoms with Gasteiger partial charge in [0.15, 0.2) is 0 Å². The van der Waals surface area contributed by atoms with E-state index in [0.29, 0.717) is 6.23 Å². The number of ether oxygens (including phenoxy) is 1. The zero-order valence-corrected chi connectivity index (χ0v) is 12.4. The second-order valence-electron chi connectivity index (χ2n) is 7.16. The molecular weight excluding hydrogens is 246 g/mol. The Bertz CT molecular complexity index is 458. The summed E-state index contributed by atoms with van der Waals surface area (Å²) in [6.07, 6.45) is 9.76. The molecule has 1 saturated carbocycles. The van der Waals surface area contributed by atoms with Crippen molar-refractivity contribution in [1.29, 1.82) is 0 Å². The van der Waals surface area contributed by atoms with Gasteiger partial charge < -0.3 is 4.74 Å². The van der Waals surface area contributed by atoms with E-state index >= 15 is 0 Å². The van der Waals surface area contributed by atoms with Crippen molar-refractivity contribution in [3.8, 4) is 0 Å². The molecule has 2 nitrogen and oxygen atoms in total. The van der Waals surface area contributed by atoms with Crippen molar-refractivity contribution in [2.75, 3.05) is 19.6 Å². The Hall–Kier alpha value is -0.860. The summed E-state index contributed by atoms with van der Waals surface area (Å²) >= 11 is 0. The quantitative estimate of drug-likeness (QED) is 0.701. The number of hydrogen-bond acceptors (Lipinski definition) is 1. The second kappa shape index (κ2) is 4.85. The van der Waals surface area contributed by atoms with Gasteiger partial charge in [-0.05, 0) is 12.8 Å². The first kappa shape index (κ1) is 12.8. The van der Waals surface area contributed by atoms with E-state index in [1.165, 1.54) is 74.6 Å². The smallest absolute Gasteiger partial charge is 0.220 e.